The van der Waals surface area contributed by atoms with E-state index in [2.05, 4.69) is 5.32 Å². The van der Waals surface area contributed by atoms with Crippen LogP contribution in [0.25, 0.3) is 0 Å². The largest absolute Gasteiger partial charge is 0.478 e. The van der Waals surface area contributed by atoms with Crippen molar-refractivity contribution in [1.29, 1.82) is 0 Å². The molecule has 13 heavy (non-hydrogen) atoms. The number of carboxylic acid groups (broad SMARTS) is 1. The maximum atomic E-state index is 10.1. The second-order valence-electron chi connectivity index (χ2n) is 2.30. The summed E-state index contributed by atoms with van der Waals surface area (Å²) in [5.41, 5.74) is 0.682. The van der Waals surface area contributed by atoms with E-state index in [0.717, 1.165) is 6.08 Å². The van der Waals surface area contributed by atoms with Crippen molar-refractivity contribution < 1.29 is 9.90 Å². The van der Waals surface area contributed by atoms with Gasteiger partial charge in [-0.2, -0.15) is 0 Å². The second-order valence-corrected chi connectivity index (χ2v) is 2.70. The molecule has 0 aliphatic heterocycles. The van der Waals surface area contributed by atoms with Gasteiger partial charge in [0.1, 0.15) is 0 Å². The number of carbonyl (C=O) groups is 1. The van der Waals surface area contributed by atoms with Gasteiger partial charge in [-0.1, -0.05) is 23.7 Å². The third-order valence-electron chi connectivity index (χ3n) is 1.34. The average Bonchev–Trinajstić information content (AvgIpc) is 2.08. The maximum Gasteiger partial charge on any atom is 0.329 e. The maximum absolute atomic E-state index is 10.1. The van der Waals surface area contributed by atoms with Crippen LogP contribution in [-0.4, -0.2) is 11.1 Å². The molecule has 1 rings (SSSR count). The Morgan fingerprint density at radius 1 is 1.46 bits per heavy atom. The van der Waals surface area contributed by atoms with Crippen molar-refractivity contribution in [1.82, 2.24) is 0 Å². The predicted molar refractivity (Wildman–Crippen MR) is 51.9 cm³/mol. The van der Waals surface area contributed by atoms with Gasteiger partial charge in [-0.3, -0.25) is 0 Å². The molecule has 0 unspecified atom stereocenters. The summed E-state index contributed by atoms with van der Waals surface area (Å²) in [6.45, 7) is 0. The molecule has 0 bridgehead atoms. The van der Waals surface area contributed by atoms with Crippen LogP contribution < -0.4 is 5.32 Å². The second kappa shape index (κ2) is 4.52. The number of para-hydroxylation sites is 1. The molecule has 0 radical (unpaired) electrons. The summed E-state index contributed by atoms with van der Waals surface area (Å²) in [4.78, 5) is 10.1. The van der Waals surface area contributed by atoms with Crippen LogP contribution in [0.4, 0.5) is 5.69 Å². The SMILES string of the molecule is O=C(O)/C=C/Nc1ccccc1Cl. The molecule has 0 aliphatic rings. The molecule has 0 saturated carbocycles. The van der Waals surface area contributed by atoms with Crippen LogP contribution in [0.15, 0.2) is 36.5 Å². The van der Waals surface area contributed by atoms with Gasteiger partial charge in [0.25, 0.3) is 0 Å². The van der Waals surface area contributed by atoms with E-state index in [-0.39, 0.29) is 0 Å². The van der Waals surface area contributed by atoms with Crippen LogP contribution in [0, 0.1) is 0 Å². The summed E-state index contributed by atoms with van der Waals surface area (Å²) in [6, 6.07) is 7.09. The third-order valence-corrected chi connectivity index (χ3v) is 1.67. The van der Waals surface area contributed by atoms with E-state index in [0.29, 0.717) is 10.7 Å². The lowest BCUT2D eigenvalue weighted by atomic mass is 10.3. The highest BCUT2D eigenvalue weighted by molar-refractivity contribution is 6.33. The molecule has 0 atom stereocenters. The zero-order valence-electron chi connectivity index (χ0n) is 6.70. The summed E-state index contributed by atoms with van der Waals surface area (Å²) in [7, 11) is 0. The van der Waals surface area contributed by atoms with Gasteiger partial charge in [0, 0.05) is 12.3 Å². The Kier molecular flexibility index (Phi) is 3.34. The number of anilines is 1. The minimum absolute atomic E-state index is 0.553. The molecular formula is C9H8ClNO2. The molecule has 0 aromatic heterocycles. The number of rotatable bonds is 3. The first kappa shape index (κ1) is 9.61. The molecule has 0 heterocycles. The van der Waals surface area contributed by atoms with Crippen molar-refractivity contribution in [2.24, 2.45) is 0 Å². The number of halogens is 1. The van der Waals surface area contributed by atoms with Crippen molar-refractivity contribution in [2.45, 2.75) is 0 Å². The molecule has 3 nitrogen and oxygen atoms in total. The number of nitrogens with one attached hydrogen (secondary N) is 1. The van der Waals surface area contributed by atoms with Crippen molar-refractivity contribution in [3.63, 3.8) is 0 Å². The zero-order valence-corrected chi connectivity index (χ0v) is 7.45. The Morgan fingerprint density at radius 3 is 2.77 bits per heavy atom. The molecule has 0 saturated heterocycles. The number of carboxylic acids is 1. The molecule has 0 amide bonds. The van der Waals surface area contributed by atoms with E-state index >= 15 is 0 Å². The number of benzene rings is 1. The number of aliphatic carboxylic acids is 1. The van der Waals surface area contributed by atoms with Crippen LogP contribution in [0.5, 0.6) is 0 Å². The standard InChI is InChI=1S/C9H8ClNO2/c10-7-3-1-2-4-8(7)11-6-5-9(12)13/h1-6,11H,(H,12,13)/b6-5+. The Morgan fingerprint density at radius 2 is 2.15 bits per heavy atom. The van der Waals surface area contributed by atoms with Crippen LogP contribution in [-0.2, 0) is 4.79 Å². The number of hydrogen-bond acceptors (Lipinski definition) is 2. The Hall–Kier alpha value is -1.48. The van der Waals surface area contributed by atoms with E-state index in [1.165, 1.54) is 6.20 Å². The van der Waals surface area contributed by atoms with E-state index < -0.39 is 5.97 Å². The topological polar surface area (TPSA) is 49.3 Å². The van der Waals surface area contributed by atoms with Gasteiger partial charge in [0.2, 0.25) is 0 Å². The first-order chi connectivity index (χ1) is 6.20. The van der Waals surface area contributed by atoms with Crippen LogP contribution in [0.1, 0.15) is 0 Å². The Balaban J connectivity index is 2.64. The summed E-state index contributed by atoms with van der Waals surface area (Å²) >= 11 is 5.80. The summed E-state index contributed by atoms with van der Waals surface area (Å²) in [5.74, 6) is -1.00. The van der Waals surface area contributed by atoms with Crippen LogP contribution in [0.3, 0.4) is 0 Å². The van der Waals surface area contributed by atoms with Gasteiger partial charge in [-0.25, -0.2) is 4.79 Å². The molecule has 0 spiro atoms. The first-order valence-electron chi connectivity index (χ1n) is 3.60. The van der Waals surface area contributed by atoms with Crippen molar-refractivity contribution in [3.05, 3.63) is 41.6 Å². The lowest BCUT2D eigenvalue weighted by molar-refractivity contribution is -0.131. The highest BCUT2D eigenvalue weighted by Crippen LogP contribution is 2.19. The smallest absolute Gasteiger partial charge is 0.329 e. The third kappa shape index (κ3) is 3.17. The van der Waals surface area contributed by atoms with Crippen molar-refractivity contribution >= 4 is 23.3 Å². The quantitative estimate of drug-likeness (QED) is 0.732. The number of hydrogen-bond donors (Lipinski definition) is 2. The molecular weight excluding hydrogens is 190 g/mol. The van der Waals surface area contributed by atoms with E-state index in [1.807, 2.05) is 6.07 Å². The molecule has 0 fully saturated rings. The fraction of sp³-hybridized carbons (Fsp3) is 0. The summed E-state index contributed by atoms with van der Waals surface area (Å²) in [6.07, 6.45) is 2.33. The lowest BCUT2D eigenvalue weighted by Crippen LogP contribution is -1.92. The lowest BCUT2D eigenvalue weighted by Gasteiger charge is -2.01. The highest BCUT2D eigenvalue weighted by atomic mass is 35.5. The summed E-state index contributed by atoms with van der Waals surface area (Å²) in [5, 5.41) is 11.6. The minimum Gasteiger partial charge on any atom is -0.478 e. The Labute approximate surface area is 80.6 Å². The van der Waals surface area contributed by atoms with E-state index in [9.17, 15) is 4.79 Å². The summed E-state index contributed by atoms with van der Waals surface area (Å²) < 4.78 is 0. The van der Waals surface area contributed by atoms with Gasteiger partial charge >= 0.3 is 5.97 Å². The molecule has 0 aliphatic carbocycles. The van der Waals surface area contributed by atoms with Gasteiger partial charge in [-0.15, -0.1) is 0 Å². The van der Waals surface area contributed by atoms with Gasteiger partial charge in [0.15, 0.2) is 0 Å². The molecule has 2 N–H and O–H groups in total. The van der Waals surface area contributed by atoms with Crippen LogP contribution >= 0.6 is 11.6 Å². The highest BCUT2D eigenvalue weighted by Gasteiger charge is 1.94. The molecule has 1 aromatic carbocycles. The average molecular weight is 198 g/mol. The molecule has 1 aromatic rings. The fourth-order valence-corrected chi connectivity index (χ4v) is 0.971. The fourth-order valence-electron chi connectivity index (χ4n) is 0.781. The van der Waals surface area contributed by atoms with Gasteiger partial charge in [0.05, 0.1) is 10.7 Å². The zero-order chi connectivity index (χ0) is 9.68. The van der Waals surface area contributed by atoms with E-state index in [4.69, 9.17) is 16.7 Å². The first-order valence-corrected chi connectivity index (χ1v) is 3.98. The molecule has 68 valence electrons. The predicted octanol–water partition coefficient (Wildman–Crippen LogP) is 2.35. The van der Waals surface area contributed by atoms with Gasteiger partial charge in [-0.05, 0) is 12.1 Å². The minimum atomic E-state index is -1.00. The molecule has 4 heteroatoms. The Bertz CT molecular complexity index is 336. The van der Waals surface area contributed by atoms with Crippen molar-refractivity contribution in [3.8, 4) is 0 Å². The normalized spacial score (nSPS) is 10.2. The van der Waals surface area contributed by atoms with Crippen molar-refractivity contribution in [2.75, 3.05) is 5.32 Å². The van der Waals surface area contributed by atoms with Crippen LogP contribution in [0.2, 0.25) is 5.02 Å². The van der Waals surface area contributed by atoms with Gasteiger partial charge < -0.3 is 10.4 Å². The monoisotopic (exact) mass is 197 g/mol. The van der Waals surface area contributed by atoms with E-state index in [1.54, 1.807) is 18.2 Å².